The van der Waals surface area contributed by atoms with Crippen molar-refractivity contribution < 1.29 is 19.2 Å². The Morgan fingerprint density at radius 3 is 2.48 bits per heavy atom. The molecular weight excluding hydrogens is 350 g/mol. The first-order chi connectivity index (χ1) is 13.0. The van der Waals surface area contributed by atoms with Gasteiger partial charge in [-0.1, -0.05) is 0 Å². The van der Waals surface area contributed by atoms with Gasteiger partial charge < -0.3 is 9.64 Å². The first-order valence-electron chi connectivity index (χ1n) is 9.56. The van der Waals surface area contributed by atoms with Gasteiger partial charge in [-0.3, -0.25) is 19.7 Å². The number of esters is 1. The van der Waals surface area contributed by atoms with E-state index >= 15 is 0 Å². The molecule has 2 fully saturated rings. The highest BCUT2D eigenvalue weighted by Gasteiger charge is 2.30. The Labute approximate surface area is 158 Å². The minimum absolute atomic E-state index is 0.0761. The molecule has 27 heavy (non-hydrogen) atoms. The van der Waals surface area contributed by atoms with Crippen LogP contribution < -0.4 is 4.90 Å². The lowest BCUT2D eigenvalue weighted by Crippen LogP contribution is -2.35. The van der Waals surface area contributed by atoms with Crippen LogP contribution in [0.25, 0.3) is 0 Å². The summed E-state index contributed by atoms with van der Waals surface area (Å²) in [4.78, 5) is 41.0. The van der Waals surface area contributed by atoms with Gasteiger partial charge in [-0.05, 0) is 44.4 Å². The molecule has 146 valence electrons. The van der Waals surface area contributed by atoms with Gasteiger partial charge in [0.2, 0.25) is 5.82 Å². The summed E-state index contributed by atoms with van der Waals surface area (Å²) in [6.45, 7) is 3.34. The molecule has 0 unspecified atom stereocenters. The number of rotatable bonds is 8. The second kappa shape index (κ2) is 8.45. The minimum atomic E-state index is -0.471. The number of piperidine rings is 1. The largest absolute Gasteiger partial charge is 0.466 e. The SMILES string of the molecule is CCOC(=O)CC1CCN(c2ncc(C(=O)CC3CC3)cc2[N+](=O)[O-])CC1. The fourth-order valence-corrected chi connectivity index (χ4v) is 3.48. The van der Waals surface area contributed by atoms with E-state index in [0.29, 0.717) is 49.8 Å². The van der Waals surface area contributed by atoms with Crippen molar-refractivity contribution in [3.05, 3.63) is 27.9 Å². The van der Waals surface area contributed by atoms with Gasteiger partial charge in [0.05, 0.1) is 11.5 Å². The smallest absolute Gasteiger partial charge is 0.312 e. The zero-order chi connectivity index (χ0) is 19.4. The molecule has 0 aromatic carbocycles. The Morgan fingerprint density at radius 1 is 1.22 bits per heavy atom. The van der Waals surface area contributed by atoms with Crippen molar-refractivity contribution in [3.8, 4) is 0 Å². The Hall–Kier alpha value is -2.51. The standard InChI is InChI=1S/C19H25N3O5/c1-2-27-18(24)10-14-5-7-21(8-6-14)19-16(22(25)26)11-15(12-20-19)17(23)9-13-3-4-13/h11-14H,2-10H2,1H3. The average molecular weight is 375 g/mol. The van der Waals surface area contributed by atoms with E-state index in [0.717, 1.165) is 25.7 Å². The number of nitrogens with zero attached hydrogens (tertiary/aromatic N) is 3. The van der Waals surface area contributed by atoms with E-state index in [-0.39, 0.29) is 23.4 Å². The zero-order valence-electron chi connectivity index (χ0n) is 15.6. The molecule has 1 aliphatic heterocycles. The fraction of sp³-hybridized carbons (Fsp3) is 0.632. The van der Waals surface area contributed by atoms with Crippen molar-refractivity contribution in [3.63, 3.8) is 0 Å². The molecule has 0 bridgehead atoms. The third kappa shape index (κ3) is 5.02. The Bertz CT molecular complexity index is 724. The summed E-state index contributed by atoms with van der Waals surface area (Å²) in [7, 11) is 0. The van der Waals surface area contributed by atoms with E-state index in [9.17, 15) is 19.7 Å². The number of hydrogen-bond acceptors (Lipinski definition) is 7. The first-order valence-corrected chi connectivity index (χ1v) is 9.56. The second-order valence-electron chi connectivity index (χ2n) is 7.33. The first kappa shape index (κ1) is 19.3. The van der Waals surface area contributed by atoms with Gasteiger partial charge in [-0.2, -0.15) is 0 Å². The Morgan fingerprint density at radius 2 is 1.89 bits per heavy atom. The molecule has 1 aliphatic carbocycles. The average Bonchev–Trinajstić information content (AvgIpc) is 3.46. The van der Waals surface area contributed by atoms with Crippen LogP contribution in [0.1, 0.15) is 55.8 Å². The molecule has 0 atom stereocenters. The number of nitro groups is 1. The molecular formula is C19H25N3O5. The number of ether oxygens (including phenoxy) is 1. The van der Waals surface area contributed by atoms with Crippen molar-refractivity contribution in [2.24, 2.45) is 11.8 Å². The van der Waals surface area contributed by atoms with Crippen LogP contribution in [0.4, 0.5) is 11.5 Å². The second-order valence-corrected chi connectivity index (χ2v) is 7.33. The summed E-state index contributed by atoms with van der Waals surface area (Å²) in [5, 5.41) is 11.5. The van der Waals surface area contributed by atoms with Gasteiger partial charge in [-0.25, -0.2) is 4.98 Å². The Balaban J connectivity index is 1.66. The number of carbonyl (C=O) groups is 2. The maximum atomic E-state index is 12.2. The highest BCUT2D eigenvalue weighted by Crippen LogP contribution is 2.35. The monoisotopic (exact) mass is 375 g/mol. The highest BCUT2D eigenvalue weighted by atomic mass is 16.6. The quantitative estimate of drug-likeness (QED) is 0.298. The van der Waals surface area contributed by atoms with Crippen LogP contribution >= 0.6 is 0 Å². The van der Waals surface area contributed by atoms with Crippen LogP contribution in [0, 0.1) is 22.0 Å². The normalized spacial score (nSPS) is 17.6. The predicted octanol–water partition coefficient (Wildman–Crippen LogP) is 3.14. The van der Waals surface area contributed by atoms with Crippen LogP contribution in [0.5, 0.6) is 0 Å². The van der Waals surface area contributed by atoms with E-state index < -0.39 is 4.92 Å². The number of carbonyl (C=O) groups excluding carboxylic acids is 2. The molecule has 2 heterocycles. The molecule has 3 rings (SSSR count). The molecule has 0 amide bonds. The lowest BCUT2D eigenvalue weighted by atomic mass is 9.93. The molecule has 8 nitrogen and oxygen atoms in total. The van der Waals surface area contributed by atoms with E-state index in [1.54, 1.807) is 6.92 Å². The number of anilines is 1. The van der Waals surface area contributed by atoms with Crippen molar-refractivity contribution in [2.45, 2.75) is 45.4 Å². The van der Waals surface area contributed by atoms with Gasteiger partial charge in [0.25, 0.3) is 0 Å². The molecule has 2 aliphatic rings. The maximum absolute atomic E-state index is 12.2. The summed E-state index contributed by atoms with van der Waals surface area (Å²) in [5.41, 5.74) is 0.190. The van der Waals surface area contributed by atoms with Crippen molar-refractivity contribution in [1.82, 2.24) is 4.98 Å². The van der Waals surface area contributed by atoms with Crippen LogP contribution in [0.2, 0.25) is 0 Å². The zero-order valence-corrected chi connectivity index (χ0v) is 15.6. The van der Waals surface area contributed by atoms with Crippen LogP contribution in [-0.4, -0.2) is 41.4 Å². The summed E-state index contributed by atoms with van der Waals surface area (Å²) in [6, 6.07) is 1.36. The van der Waals surface area contributed by atoms with Gasteiger partial charge in [0.15, 0.2) is 5.78 Å². The van der Waals surface area contributed by atoms with Crippen molar-refractivity contribution >= 4 is 23.3 Å². The number of Topliss-reactive ketones (excluding diaryl/α,β-unsaturated/α-hetero) is 1. The number of aromatic nitrogens is 1. The van der Waals surface area contributed by atoms with E-state index in [1.165, 1.54) is 12.3 Å². The molecule has 1 aromatic rings. The van der Waals surface area contributed by atoms with Crippen molar-refractivity contribution in [1.29, 1.82) is 0 Å². The highest BCUT2D eigenvalue weighted by molar-refractivity contribution is 5.97. The van der Waals surface area contributed by atoms with Gasteiger partial charge in [0.1, 0.15) is 0 Å². The molecule has 1 saturated carbocycles. The van der Waals surface area contributed by atoms with Crippen LogP contribution in [-0.2, 0) is 9.53 Å². The number of pyridine rings is 1. The van der Waals surface area contributed by atoms with Gasteiger partial charge in [-0.15, -0.1) is 0 Å². The molecule has 1 aromatic heterocycles. The summed E-state index contributed by atoms with van der Waals surface area (Å²) >= 11 is 0. The predicted molar refractivity (Wildman–Crippen MR) is 98.7 cm³/mol. The van der Waals surface area contributed by atoms with Gasteiger partial charge in [0, 0.05) is 43.8 Å². The maximum Gasteiger partial charge on any atom is 0.312 e. The van der Waals surface area contributed by atoms with Crippen LogP contribution in [0.3, 0.4) is 0 Å². The lowest BCUT2D eigenvalue weighted by molar-refractivity contribution is -0.384. The summed E-state index contributed by atoms with van der Waals surface area (Å²) in [5.74, 6) is 0.678. The number of hydrogen-bond donors (Lipinski definition) is 0. The molecule has 8 heteroatoms. The van der Waals surface area contributed by atoms with E-state index in [4.69, 9.17) is 4.74 Å². The van der Waals surface area contributed by atoms with Gasteiger partial charge >= 0.3 is 11.7 Å². The minimum Gasteiger partial charge on any atom is -0.466 e. The van der Waals surface area contributed by atoms with Crippen molar-refractivity contribution in [2.75, 3.05) is 24.6 Å². The van der Waals surface area contributed by atoms with E-state index in [2.05, 4.69) is 4.98 Å². The molecule has 0 radical (unpaired) electrons. The Kier molecular flexibility index (Phi) is 6.03. The summed E-state index contributed by atoms with van der Waals surface area (Å²) in [6.07, 6.45) is 5.89. The lowest BCUT2D eigenvalue weighted by Gasteiger charge is -2.32. The van der Waals surface area contributed by atoms with Crippen LogP contribution in [0.15, 0.2) is 12.3 Å². The summed E-state index contributed by atoms with van der Waals surface area (Å²) < 4.78 is 4.99. The molecule has 0 N–H and O–H groups in total. The van der Waals surface area contributed by atoms with E-state index in [1.807, 2.05) is 4.90 Å². The third-order valence-electron chi connectivity index (χ3n) is 5.21. The topological polar surface area (TPSA) is 103 Å². The third-order valence-corrected chi connectivity index (χ3v) is 5.21. The number of ketones is 1. The fourth-order valence-electron chi connectivity index (χ4n) is 3.48. The molecule has 1 saturated heterocycles. The molecule has 0 spiro atoms.